The summed E-state index contributed by atoms with van der Waals surface area (Å²) in [4.78, 5) is 14.6. The molecule has 5 nitrogen and oxygen atoms in total. The Balaban J connectivity index is 1.76. The third kappa shape index (κ3) is 4.02. The van der Waals surface area contributed by atoms with Gasteiger partial charge in [-0.05, 0) is 17.7 Å². The van der Waals surface area contributed by atoms with E-state index in [1.54, 1.807) is 11.2 Å². The minimum atomic E-state index is 0.0399. The van der Waals surface area contributed by atoms with Crippen molar-refractivity contribution in [1.29, 1.82) is 0 Å². The Kier molecular flexibility index (Phi) is 5.28. The first-order chi connectivity index (χ1) is 11.7. The predicted octanol–water partition coefficient (Wildman–Crippen LogP) is 3.14. The molecule has 0 bridgehead atoms. The van der Waals surface area contributed by atoms with Crippen molar-refractivity contribution in [2.45, 2.75) is 11.7 Å². The Morgan fingerprint density at radius 3 is 2.38 bits per heavy atom. The number of aromatic nitrogens is 3. The largest absolute Gasteiger partial charge is 0.312 e. The van der Waals surface area contributed by atoms with Gasteiger partial charge in [0.2, 0.25) is 5.91 Å². The number of nitrogens with zero attached hydrogens (tertiary/aromatic N) is 4. The van der Waals surface area contributed by atoms with Gasteiger partial charge in [0.15, 0.2) is 5.16 Å². The van der Waals surface area contributed by atoms with E-state index in [0.29, 0.717) is 12.3 Å². The SMILES string of the molecule is Cn1cnnc1SCC(=O)N(Cc1ccccc1)c1ccccc1. The van der Waals surface area contributed by atoms with E-state index in [2.05, 4.69) is 10.2 Å². The van der Waals surface area contributed by atoms with Crippen molar-refractivity contribution < 1.29 is 4.79 Å². The number of amides is 1. The van der Waals surface area contributed by atoms with Crippen molar-refractivity contribution in [3.05, 3.63) is 72.6 Å². The molecule has 3 rings (SSSR count). The van der Waals surface area contributed by atoms with Crippen LogP contribution < -0.4 is 4.90 Å². The van der Waals surface area contributed by atoms with Gasteiger partial charge in [-0.1, -0.05) is 60.3 Å². The van der Waals surface area contributed by atoms with Crippen LogP contribution >= 0.6 is 11.8 Å². The van der Waals surface area contributed by atoms with Gasteiger partial charge in [0.05, 0.1) is 12.3 Å². The Morgan fingerprint density at radius 1 is 1.08 bits per heavy atom. The summed E-state index contributed by atoms with van der Waals surface area (Å²) in [5.41, 5.74) is 1.99. The number of hydrogen-bond donors (Lipinski definition) is 0. The van der Waals surface area contributed by atoms with Crippen LogP contribution in [0.1, 0.15) is 5.56 Å². The second-order valence-electron chi connectivity index (χ2n) is 5.31. The van der Waals surface area contributed by atoms with Crippen molar-refractivity contribution in [1.82, 2.24) is 14.8 Å². The molecule has 0 atom stereocenters. The third-order valence-corrected chi connectivity index (χ3v) is 4.57. The number of carbonyl (C=O) groups excluding carboxylic acids is 1. The van der Waals surface area contributed by atoms with E-state index in [9.17, 15) is 4.79 Å². The molecule has 0 aliphatic rings. The van der Waals surface area contributed by atoms with Crippen molar-refractivity contribution in [2.75, 3.05) is 10.7 Å². The topological polar surface area (TPSA) is 51.0 Å². The lowest BCUT2D eigenvalue weighted by Crippen LogP contribution is -2.32. The molecule has 3 aromatic rings. The zero-order valence-corrected chi connectivity index (χ0v) is 14.2. The number of hydrogen-bond acceptors (Lipinski definition) is 4. The molecule has 24 heavy (non-hydrogen) atoms. The minimum Gasteiger partial charge on any atom is -0.312 e. The van der Waals surface area contributed by atoms with Crippen molar-refractivity contribution in [3.8, 4) is 0 Å². The van der Waals surface area contributed by atoms with Crippen LogP contribution in [0.5, 0.6) is 0 Å². The monoisotopic (exact) mass is 338 g/mol. The van der Waals surface area contributed by atoms with Crippen LogP contribution in [0.4, 0.5) is 5.69 Å². The Morgan fingerprint density at radius 2 is 1.75 bits per heavy atom. The van der Waals surface area contributed by atoms with Crippen molar-refractivity contribution in [2.24, 2.45) is 7.05 Å². The smallest absolute Gasteiger partial charge is 0.237 e. The first-order valence-electron chi connectivity index (χ1n) is 7.60. The van der Waals surface area contributed by atoms with Crippen LogP contribution in [-0.2, 0) is 18.4 Å². The van der Waals surface area contributed by atoms with Crippen LogP contribution in [0.15, 0.2) is 72.1 Å². The molecule has 122 valence electrons. The normalized spacial score (nSPS) is 10.5. The maximum absolute atomic E-state index is 12.8. The minimum absolute atomic E-state index is 0.0399. The van der Waals surface area contributed by atoms with Gasteiger partial charge >= 0.3 is 0 Å². The lowest BCUT2D eigenvalue weighted by atomic mass is 10.2. The summed E-state index contributed by atoms with van der Waals surface area (Å²) in [6.45, 7) is 0.545. The lowest BCUT2D eigenvalue weighted by Gasteiger charge is -2.23. The molecule has 0 radical (unpaired) electrons. The van der Waals surface area contributed by atoms with Gasteiger partial charge in [-0.15, -0.1) is 10.2 Å². The van der Waals surface area contributed by atoms with Crippen LogP contribution in [0.3, 0.4) is 0 Å². The average molecular weight is 338 g/mol. The molecule has 0 N–H and O–H groups in total. The summed E-state index contributed by atoms with van der Waals surface area (Å²) in [7, 11) is 1.87. The summed E-state index contributed by atoms with van der Waals surface area (Å²) >= 11 is 1.39. The van der Waals surface area contributed by atoms with Crippen LogP contribution in [-0.4, -0.2) is 26.4 Å². The number of benzene rings is 2. The third-order valence-electron chi connectivity index (χ3n) is 3.55. The fourth-order valence-corrected chi connectivity index (χ4v) is 3.07. The number of anilines is 1. The van der Waals surface area contributed by atoms with Gasteiger partial charge in [0, 0.05) is 12.7 Å². The zero-order valence-electron chi connectivity index (χ0n) is 13.4. The Hall–Kier alpha value is -2.60. The highest BCUT2D eigenvalue weighted by Gasteiger charge is 2.17. The second-order valence-corrected chi connectivity index (χ2v) is 6.26. The molecule has 0 aliphatic carbocycles. The first kappa shape index (κ1) is 16.3. The van der Waals surface area contributed by atoms with Gasteiger partial charge in [0.25, 0.3) is 0 Å². The van der Waals surface area contributed by atoms with E-state index in [1.807, 2.05) is 72.3 Å². The average Bonchev–Trinajstić information content (AvgIpc) is 3.04. The lowest BCUT2D eigenvalue weighted by molar-refractivity contribution is -0.116. The van der Waals surface area contributed by atoms with Gasteiger partial charge < -0.3 is 9.47 Å². The zero-order chi connectivity index (χ0) is 16.8. The predicted molar refractivity (Wildman–Crippen MR) is 95.8 cm³/mol. The highest BCUT2D eigenvalue weighted by molar-refractivity contribution is 7.99. The van der Waals surface area contributed by atoms with E-state index < -0.39 is 0 Å². The molecule has 0 spiro atoms. The number of thioether (sulfide) groups is 1. The second kappa shape index (κ2) is 7.79. The van der Waals surface area contributed by atoms with E-state index in [-0.39, 0.29) is 5.91 Å². The number of aryl methyl sites for hydroxylation is 1. The van der Waals surface area contributed by atoms with Crippen molar-refractivity contribution >= 4 is 23.4 Å². The van der Waals surface area contributed by atoms with E-state index in [1.165, 1.54) is 11.8 Å². The maximum Gasteiger partial charge on any atom is 0.237 e. The Bertz CT molecular complexity index is 789. The molecule has 0 unspecified atom stereocenters. The van der Waals surface area contributed by atoms with Gasteiger partial charge in [-0.3, -0.25) is 4.79 Å². The molecular formula is C18H18N4OS. The molecule has 0 saturated carbocycles. The molecule has 1 heterocycles. The van der Waals surface area contributed by atoms with Crippen molar-refractivity contribution in [3.63, 3.8) is 0 Å². The molecular weight excluding hydrogens is 320 g/mol. The van der Waals surface area contributed by atoms with E-state index in [0.717, 1.165) is 16.4 Å². The molecule has 6 heteroatoms. The van der Waals surface area contributed by atoms with E-state index >= 15 is 0 Å². The standard InChI is InChI=1S/C18H18N4OS/c1-21-14-19-20-18(21)24-13-17(23)22(16-10-6-3-7-11-16)12-15-8-4-2-5-9-15/h2-11,14H,12-13H2,1H3. The van der Waals surface area contributed by atoms with Crippen LogP contribution in [0.25, 0.3) is 0 Å². The summed E-state index contributed by atoms with van der Waals surface area (Å²) in [6, 6.07) is 19.7. The van der Waals surface area contributed by atoms with Gasteiger partial charge in [-0.2, -0.15) is 0 Å². The molecule has 1 aromatic heterocycles. The molecule has 2 aromatic carbocycles. The molecule has 0 saturated heterocycles. The quantitative estimate of drug-likeness (QED) is 0.648. The highest BCUT2D eigenvalue weighted by Crippen LogP contribution is 2.20. The number of carbonyl (C=O) groups is 1. The summed E-state index contributed by atoms with van der Waals surface area (Å²) in [5, 5.41) is 8.58. The van der Waals surface area contributed by atoms with Crippen LogP contribution in [0.2, 0.25) is 0 Å². The summed E-state index contributed by atoms with van der Waals surface area (Å²) in [6.07, 6.45) is 1.63. The summed E-state index contributed by atoms with van der Waals surface area (Å²) in [5.74, 6) is 0.354. The fraction of sp³-hybridized carbons (Fsp3) is 0.167. The van der Waals surface area contributed by atoms with E-state index in [4.69, 9.17) is 0 Å². The number of rotatable bonds is 6. The summed E-state index contributed by atoms with van der Waals surface area (Å²) < 4.78 is 1.81. The maximum atomic E-state index is 12.8. The van der Waals surface area contributed by atoms with Gasteiger partial charge in [-0.25, -0.2) is 0 Å². The molecule has 0 aliphatic heterocycles. The fourth-order valence-electron chi connectivity index (χ4n) is 2.30. The molecule has 0 fully saturated rings. The highest BCUT2D eigenvalue weighted by atomic mass is 32.2. The Labute approximate surface area is 145 Å². The first-order valence-corrected chi connectivity index (χ1v) is 8.59. The molecule has 1 amide bonds. The van der Waals surface area contributed by atoms with Gasteiger partial charge in [0.1, 0.15) is 6.33 Å². The number of para-hydroxylation sites is 1. The van der Waals surface area contributed by atoms with Crippen LogP contribution in [0, 0.1) is 0 Å².